The Morgan fingerprint density at radius 2 is 2.40 bits per heavy atom. The third-order valence-electron chi connectivity index (χ3n) is 3.35. The number of amides is 1. The molecular formula is C11H17NO3. The van der Waals surface area contributed by atoms with Crippen molar-refractivity contribution in [2.45, 2.75) is 38.6 Å². The van der Waals surface area contributed by atoms with Crippen LogP contribution in [0.2, 0.25) is 0 Å². The summed E-state index contributed by atoms with van der Waals surface area (Å²) in [4.78, 5) is 24.5. The van der Waals surface area contributed by atoms with E-state index in [1.165, 1.54) is 0 Å². The highest BCUT2D eigenvalue weighted by molar-refractivity contribution is 5.79. The number of rotatable bonds is 3. The maximum absolute atomic E-state index is 11.6. The van der Waals surface area contributed by atoms with Crippen LogP contribution in [0.3, 0.4) is 0 Å². The summed E-state index contributed by atoms with van der Waals surface area (Å²) < 4.78 is 5.11. The van der Waals surface area contributed by atoms with Crippen molar-refractivity contribution in [3.63, 3.8) is 0 Å². The highest BCUT2D eigenvalue weighted by atomic mass is 16.5. The number of hydrogen-bond acceptors (Lipinski definition) is 3. The maximum Gasteiger partial charge on any atom is 0.305 e. The van der Waals surface area contributed by atoms with E-state index in [1.54, 1.807) is 6.92 Å². The Kier molecular flexibility index (Phi) is 2.93. The van der Waals surface area contributed by atoms with Gasteiger partial charge >= 0.3 is 5.97 Å². The van der Waals surface area contributed by atoms with E-state index in [0.717, 1.165) is 19.4 Å². The molecule has 0 spiro atoms. The molecule has 0 saturated carbocycles. The fraction of sp³-hybridized carbons (Fsp3) is 0.818. The fourth-order valence-electron chi connectivity index (χ4n) is 2.54. The zero-order valence-corrected chi connectivity index (χ0v) is 9.07. The van der Waals surface area contributed by atoms with E-state index in [2.05, 4.69) is 0 Å². The van der Waals surface area contributed by atoms with Crippen molar-refractivity contribution >= 4 is 11.9 Å². The monoisotopic (exact) mass is 211 g/mol. The van der Waals surface area contributed by atoms with Gasteiger partial charge in [-0.05, 0) is 12.8 Å². The number of esters is 1. The summed E-state index contributed by atoms with van der Waals surface area (Å²) in [6, 6.07) is 0.335. The summed E-state index contributed by atoms with van der Waals surface area (Å²) in [6.07, 6.45) is 3.13. The second-order valence-electron chi connectivity index (χ2n) is 4.30. The predicted octanol–water partition coefficient (Wildman–Crippen LogP) is 0.951. The Morgan fingerprint density at radius 3 is 3.13 bits per heavy atom. The lowest BCUT2D eigenvalue weighted by Crippen LogP contribution is -2.30. The number of carbonyl (C=O) groups is 2. The SMILES string of the molecule is CCC(=O)OC[C@@H]1CC(=O)N2CCC[C@@H]12. The van der Waals surface area contributed by atoms with Crippen LogP contribution in [-0.4, -0.2) is 36.0 Å². The first-order chi connectivity index (χ1) is 7.22. The van der Waals surface area contributed by atoms with Crippen LogP contribution < -0.4 is 0 Å². The van der Waals surface area contributed by atoms with Gasteiger partial charge in [0.2, 0.25) is 5.91 Å². The van der Waals surface area contributed by atoms with Crippen LogP contribution >= 0.6 is 0 Å². The fourth-order valence-corrected chi connectivity index (χ4v) is 2.54. The molecule has 1 amide bonds. The molecule has 2 heterocycles. The van der Waals surface area contributed by atoms with Crippen molar-refractivity contribution in [2.24, 2.45) is 5.92 Å². The molecule has 2 aliphatic rings. The summed E-state index contributed by atoms with van der Waals surface area (Å²) >= 11 is 0. The number of fused-ring (bicyclic) bond motifs is 1. The van der Waals surface area contributed by atoms with Crippen molar-refractivity contribution in [1.29, 1.82) is 0 Å². The topological polar surface area (TPSA) is 46.6 Å². The Bertz CT molecular complexity index is 277. The zero-order valence-electron chi connectivity index (χ0n) is 9.07. The average Bonchev–Trinajstić information content (AvgIpc) is 2.80. The molecule has 0 aliphatic carbocycles. The smallest absolute Gasteiger partial charge is 0.305 e. The van der Waals surface area contributed by atoms with Crippen LogP contribution in [-0.2, 0) is 14.3 Å². The van der Waals surface area contributed by atoms with E-state index in [1.807, 2.05) is 4.90 Å². The third kappa shape index (κ3) is 1.98. The standard InChI is InChI=1S/C11H17NO3/c1-2-11(14)15-7-8-6-10(13)12-5-3-4-9(8)12/h8-9H,2-7H2,1H3/t8-,9-/m0/s1. The minimum atomic E-state index is -0.168. The predicted molar refractivity (Wildman–Crippen MR) is 54.1 cm³/mol. The molecule has 0 bridgehead atoms. The lowest BCUT2D eigenvalue weighted by molar-refractivity contribution is -0.144. The molecule has 4 heteroatoms. The molecule has 15 heavy (non-hydrogen) atoms. The Balaban J connectivity index is 1.88. The lowest BCUT2D eigenvalue weighted by Gasteiger charge is -2.19. The van der Waals surface area contributed by atoms with Crippen LogP contribution in [0.5, 0.6) is 0 Å². The van der Waals surface area contributed by atoms with Gasteiger partial charge in [0.05, 0.1) is 6.61 Å². The van der Waals surface area contributed by atoms with Crippen LogP contribution in [0.15, 0.2) is 0 Å². The average molecular weight is 211 g/mol. The van der Waals surface area contributed by atoms with Gasteiger partial charge in [-0.2, -0.15) is 0 Å². The Labute approximate surface area is 89.6 Å². The second kappa shape index (κ2) is 4.21. The molecule has 0 unspecified atom stereocenters. The summed E-state index contributed by atoms with van der Waals surface area (Å²) in [5.41, 5.74) is 0. The molecule has 2 aliphatic heterocycles. The highest BCUT2D eigenvalue weighted by Gasteiger charge is 2.42. The molecule has 2 rings (SSSR count). The number of ether oxygens (including phenoxy) is 1. The van der Waals surface area contributed by atoms with Gasteiger partial charge in [-0.15, -0.1) is 0 Å². The van der Waals surface area contributed by atoms with Crippen LogP contribution in [0.4, 0.5) is 0 Å². The molecule has 0 radical (unpaired) electrons. The van der Waals surface area contributed by atoms with Crippen molar-refractivity contribution in [3.05, 3.63) is 0 Å². The van der Waals surface area contributed by atoms with E-state index < -0.39 is 0 Å². The first-order valence-corrected chi connectivity index (χ1v) is 5.67. The Hall–Kier alpha value is -1.06. The van der Waals surface area contributed by atoms with E-state index in [0.29, 0.717) is 25.5 Å². The zero-order chi connectivity index (χ0) is 10.8. The molecule has 2 saturated heterocycles. The molecule has 2 fully saturated rings. The van der Waals surface area contributed by atoms with Gasteiger partial charge < -0.3 is 9.64 Å². The van der Waals surface area contributed by atoms with Crippen LogP contribution in [0, 0.1) is 5.92 Å². The molecule has 0 N–H and O–H groups in total. The quantitative estimate of drug-likeness (QED) is 0.653. The largest absolute Gasteiger partial charge is 0.465 e. The summed E-state index contributed by atoms with van der Waals surface area (Å²) in [5, 5.41) is 0. The van der Waals surface area contributed by atoms with Crippen molar-refractivity contribution in [1.82, 2.24) is 4.90 Å². The van der Waals surface area contributed by atoms with Gasteiger partial charge in [0.1, 0.15) is 0 Å². The summed E-state index contributed by atoms with van der Waals surface area (Å²) in [7, 11) is 0. The minimum absolute atomic E-state index is 0.168. The number of hydrogen-bond donors (Lipinski definition) is 0. The molecule has 0 aromatic heterocycles. The van der Waals surface area contributed by atoms with E-state index in [9.17, 15) is 9.59 Å². The van der Waals surface area contributed by atoms with E-state index in [-0.39, 0.29) is 17.8 Å². The minimum Gasteiger partial charge on any atom is -0.465 e. The van der Waals surface area contributed by atoms with Crippen molar-refractivity contribution in [3.8, 4) is 0 Å². The highest BCUT2D eigenvalue weighted by Crippen LogP contribution is 2.33. The third-order valence-corrected chi connectivity index (χ3v) is 3.35. The molecule has 0 aromatic rings. The molecule has 84 valence electrons. The first kappa shape index (κ1) is 10.5. The van der Waals surface area contributed by atoms with Crippen molar-refractivity contribution in [2.75, 3.05) is 13.2 Å². The molecule has 4 nitrogen and oxygen atoms in total. The summed E-state index contributed by atoms with van der Waals surface area (Å²) in [5.74, 6) is 0.296. The van der Waals surface area contributed by atoms with Gasteiger partial charge in [0, 0.05) is 31.3 Å². The summed E-state index contributed by atoms with van der Waals surface area (Å²) in [6.45, 7) is 3.09. The van der Waals surface area contributed by atoms with Gasteiger partial charge in [-0.3, -0.25) is 9.59 Å². The van der Waals surface area contributed by atoms with E-state index >= 15 is 0 Å². The normalized spacial score (nSPS) is 29.4. The van der Waals surface area contributed by atoms with Gasteiger partial charge in [0.15, 0.2) is 0 Å². The van der Waals surface area contributed by atoms with Gasteiger partial charge in [0.25, 0.3) is 0 Å². The van der Waals surface area contributed by atoms with Crippen LogP contribution in [0.25, 0.3) is 0 Å². The molecular weight excluding hydrogens is 194 g/mol. The van der Waals surface area contributed by atoms with Gasteiger partial charge in [-0.25, -0.2) is 0 Å². The van der Waals surface area contributed by atoms with Gasteiger partial charge in [-0.1, -0.05) is 6.92 Å². The molecule has 2 atom stereocenters. The molecule has 0 aromatic carbocycles. The Morgan fingerprint density at radius 1 is 1.60 bits per heavy atom. The van der Waals surface area contributed by atoms with E-state index in [4.69, 9.17) is 4.74 Å². The second-order valence-corrected chi connectivity index (χ2v) is 4.30. The number of nitrogens with zero attached hydrogens (tertiary/aromatic N) is 1. The maximum atomic E-state index is 11.6. The number of carbonyl (C=O) groups excluding carboxylic acids is 2. The van der Waals surface area contributed by atoms with Crippen molar-refractivity contribution < 1.29 is 14.3 Å². The van der Waals surface area contributed by atoms with Crippen LogP contribution in [0.1, 0.15) is 32.6 Å². The first-order valence-electron chi connectivity index (χ1n) is 5.67. The lowest BCUT2D eigenvalue weighted by atomic mass is 9.99.